The van der Waals surface area contributed by atoms with E-state index in [-0.39, 0.29) is 32.1 Å². The van der Waals surface area contributed by atoms with E-state index in [1.807, 2.05) is 6.07 Å². The molecule has 1 saturated heterocycles. The number of nitrogens with zero attached hydrogens (tertiary/aromatic N) is 1. The number of amides is 2. The maximum Gasteiger partial charge on any atom is 0.231 e. The van der Waals surface area contributed by atoms with Crippen LogP contribution in [-0.2, 0) is 20.8 Å². The molecular weight excluding hydrogens is 376 g/mol. The van der Waals surface area contributed by atoms with Crippen LogP contribution in [0.2, 0.25) is 0 Å². The van der Waals surface area contributed by atoms with E-state index in [4.69, 9.17) is 9.47 Å². The number of anilines is 1. The van der Waals surface area contributed by atoms with Crippen molar-refractivity contribution in [2.45, 2.75) is 18.9 Å². The Morgan fingerprint density at radius 3 is 2.66 bits per heavy atom. The molecule has 2 atom stereocenters. The molecule has 150 valence electrons. The summed E-state index contributed by atoms with van der Waals surface area (Å²) >= 11 is 0. The Morgan fingerprint density at radius 2 is 1.90 bits per heavy atom. The summed E-state index contributed by atoms with van der Waals surface area (Å²) < 4.78 is 10.6. The molecule has 2 amide bonds. The first-order valence-corrected chi connectivity index (χ1v) is 9.26. The highest BCUT2D eigenvalue weighted by molar-refractivity contribution is 6.01. The number of carboxylic acids is 1. The summed E-state index contributed by atoms with van der Waals surface area (Å²) in [6.45, 7) is 0.291. The number of carbonyl (C=O) groups excluding carboxylic acids is 3. The minimum absolute atomic E-state index is 0.00534. The number of nitrogens with one attached hydrogen (secondary N) is 1. The van der Waals surface area contributed by atoms with Gasteiger partial charge in [0.05, 0.1) is 17.9 Å². The number of fused-ring (bicyclic) bond motifs is 1. The summed E-state index contributed by atoms with van der Waals surface area (Å²) in [5.74, 6) is -1.55. The van der Waals surface area contributed by atoms with Crippen LogP contribution in [0.4, 0.5) is 5.69 Å². The Balaban J connectivity index is 1.42. The third kappa shape index (κ3) is 4.01. The second-order valence-corrected chi connectivity index (χ2v) is 7.01. The van der Waals surface area contributed by atoms with Crippen molar-refractivity contribution in [2.24, 2.45) is 5.92 Å². The molecule has 8 heteroatoms. The number of ether oxygens (including phenoxy) is 2. The largest absolute Gasteiger partial charge is 0.548 e. The molecule has 0 aliphatic carbocycles. The van der Waals surface area contributed by atoms with Crippen LogP contribution in [0.5, 0.6) is 11.5 Å². The second kappa shape index (κ2) is 7.83. The lowest BCUT2D eigenvalue weighted by molar-refractivity contribution is -0.308. The van der Waals surface area contributed by atoms with Gasteiger partial charge in [0.15, 0.2) is 11.5 Å². The van der Waals surface area contributed by atoms with Crippen molar-refractivity contribution < 1.29 is 29.0 Å². The van der Waals surface area contributed by atoms with Crippen LogP contribution in [0.3, 0.4) is 0 Å². The molecule has 1 N–H and O–H groups in total. The van der Waals surface area contributed by atoms with Gasteiger partial charge in [0.2, 0.25) is 18.6 Å². The SMILES string of the molecule is O=C(N[C@@H](Cc1ccccc1)C(=O)[O-])[C@H]1CC(=O)N(c2ccc3c(c2)OCO3)C1. The third-order valence-electron chi connectivity index (χ3n) is 5.05. The van der Waals surface area contributed by atoms with Crippen LogP contribution >= 0.6 is 0 Å². The Morgan fingerprint density at radius 1 is 1.14 bits per heavy atom. The van der Waals surface area contributed by atoms with E-state index in [1.165, 1.54) is 4.90 Å². The molecule has 4 rings (SSSR count). The fraction of sp³-hybridized carbons (Fsp3) is 0.286. The van der Waals surface area contributed by atoms with Gasteiger partial charge >= 0.3 is 0 Å². The molecule has 0 aromatic heterocycles. The van der Waals surface area contributed by atoms with Crippen molar-refractivity contribution >= 4 is 23.5 Å². The van der Waals surface area contributed by atoms with Gasteiger partial charge in [0.25, 0.3) is 0 Å². The minimum atomic E-state index is -1.36. The Bertz CT molecular complexity index is 945. The lowest BCUT2D eigenvalue weighted by Crippen LogP contribution is -2.51. The molecule has 2 aromatic rings. The zero-order chi connectivity index (χ0) is 20.4. The molecule has 2 aliphatic heterocycles. The molecule has 0 bridgehead atoms. The quantitative estimate of drug-likeness (QED) is 0.751. The maximum atomic E-state index is 12.6. The van der Waals surface area contributed by atoms with Gasteiger partial charge in [-0.3, -0.25) is 9.59 Å². The van der Waals surface area contributed by atoms with Crippen LogP contribution in [0.25, 0.3) is 0 Å². The number of hydrogen-bond donors (Lipinski definition) is 1. The van der Waals surface area contributed by atoms with Gasteiger partial charge in [0.1, 0.15) is 0 Å². The molecule has 8 nitrogen and oxygen atoms in total. The van der Waals surface area contributed by atoms with E-state index in [1.54, 1.807) is 42.5 Å². The number of carboxylic acid groups (broad SMARTS) is 1. The number of hydrogen-bond acceptors (Lipinski definition) is 6. The van der Waals surface area contributed by atoms with Crippen molar-refractivity contribution in [3.63, 3.8) is 0 Å². The Hall–Kier alpha value is -3.55. The number of carbonyl (C=O) groups is 3. The van der Waals surface area contributed by atoms with Gasteiger partial charge in [-0.05, 0) is 24.1 Å². The van der Waals surface area contributed by atoms with Gasteiger partial charge in [0, 0.05) is 24.7 Å². The molecule has 0 spiro atoms. The summed E-state index contributed by atoms with van der Waals surface area (Å²) in [7, 11) is 0. The number of rotatable bonds is 6. The zero-order valence-corrected chi connectivity index (χ0v) is 15.5. The lowest BCUT2D eigenvalue weighted by Gasteiger charge is -2.22. The van der Waals surface area contributed by atoms with Gasteiger partial charge in [-0.15, -0.1) is 0 Å². The van der Waals surface area contributed by atoms with E-state index < -0.39 is 23.8 Å². The van der Waals surface area contributed by atoms with Crippen molar-refractivity contribution in [2.75, 3.05) is 18.2 Å². The minimum Gasteiger partial charge on any atom is -0.548 e. The topological polar surface area (TPSA) is 108 Å². The Kier molecular flexibility index (Phi) is 5.07. The van der Waals surface area contributed by atoms with Crippen LogP contribution in [0.15, 0.2) is 48.5 Å². The fourth-order valence-corrected chi connectivity index (χ4v) is 3.52. The molecule has 0 unspecified atom stereocenters. The molecule has 2 aliphatic rings. The van der Waals surface area contributed by atoms with Crippen molar-refractivity contribution in [3.8, 4) is 11.5 Å². The standard InChI is InChI=1S/C21H20N2O6/c24-19-9-14(11-23(19)15-6-7-17-18(10-15)29-12-28-17)20(25)22-16(21(26)27)8-13-4-2-1-3-5-13/h1-7,10,14,16H,8-9,11-12H2,(H,22,25)(H,26,27)/p-1/t14-,16-/m0/s1. The summed E-state index contributed by atoms with van der Waals surface area (Å²) in [6, 6.07) is 12.9. The predicted octanol–water partition coefficient (Wildman–Crippen LogP) is 0.246. The maximum absolute atomic E-state index is 12.6. The zero-order valence-electron chi connectivity index (χ0n) is 15.5. The first-order chi connectivity index (χ1) is 14.0. The first-order valence-electron chi connectivity index (χ1n) is 9.26. The van der Waals surface area contributed by atoms with Gasteiger partial charge in [-0.25, -0.2) is 0 Å². The summed E-state index contributed by atoms with van der Waals surface area (Å²) in [6.07, 6.45) is 0.118. The van der Waals surface area contributed by atoms with E-state index in [0.717, 1.165) is 5.56 Å². The van der Waals surface area contributed by atoms with Gasteiger partial charge < -0.3 is 29.6 Å². The van der Waals surface area contributed by atoms with Crippen LogP contribution in [-0.4, -0.2) is 37.2 Å². The third-order valence-corrected chi connectivity index (χ3v) is 5.05. The van der Waals surface area contributed by atoms with Crippen molar-refractivity contribution in [1.82, 2.24) is 5.32 Å². The van der Waals surface area contributed by atoms with E-state index >= 15 is 0 Å². The highest BCUT2D eigenvalue weighted by Gasteiger charge is 2.36. The normalized spacial score (nSPS) is 18.6. The molecule has 2 aromatic carbocycles. The smallest absolute Gasteiger partial charge is 0.231 e. The van der Waals surface area contributed by atoms with Gasteiger partial charge in [-0.2, -0.15) is 0 Å². The first kappa shape index (κ1) is 18.8. The number of aliphatic carboxylic acids is 1. The van der Waals surface area contributed by atoms with E-state index in [2.05, 4.69) is 5.32 Å². The highest BCUT2D eigenvalue weighted by atomic mass is 16.7. The van der Waals surface area contributed by atoms with Gasteiger partial charge in [-0.1, -0.05) is 30.3 Å². The lowest BCUT2D eigenvalue weighted by atomic mass is 10.0. The van der Waals surface area contributed by atoms with Crippen molar-refractivity contribution in [1.29, 1.82) is 0 Å². The monoisotopic (exact) mass is 395 g/mol. The van der Waals surface area contributed by atoms with Crippen LogP contribution < -0.4 is 24.8 Å². The Labute approximate surface area is 167 Å². The average molecular weight is 395 g/mol. The van der Waals surface area contributed by atoms with E-state index in [0.29, 0.717) is 17.2 Å². The average Bonchev–Trinajstić information content (AvgIpc) is 3.34. The van der Waals surface area contributed by atoms with Crippen molar-refractivity contribution in [3.05, 3.63) is 54.1 Å². The molecule has 0 saturated carbocycles. The molecule has 1 fully saturated rings. The molecule has 29 heavy (non-hydrogen) atoms. The molecular formula is C21H19N2O6-. The summed E-state index contributed by atoms with van der Waals surface area (Å²) in [5, 5.41) is 14.0. The van der Waals surface area contributed by atoms with E-state index in [9.17, 15) is 19.5 Å². The number of benzene rings is 2. The van der Waals surface area contributed by atoms with Crippen LogP contribution in [0, 0.1) is 5.92 Å². The molecule has 2 heterocycles. The second-order valence-electron chi connectivity index (χ2n) is 7.01. The van der Waals surface area contributed by atoms with Crippen LogP contribution in [0.1, 0.15) is 12.0 Å². The molecule has 0 radical (unpaired) electrons. The summed E-state index contributed by atoms with van der Waals surface area (Å²) in [5.41, 5.74) is 1.38. The fourth-order valence-electron chi connectivity index (χ4n) is 3.52. The summed E-state index contributed by atoms with van der Waals surface area (Å²) in [4.78, 5) is 38.1. The highest BCUT2D eigenvalue weighted by Crippen LogP contribution is 2.37. The predicted molar refractivity (Wildman–Crippen MR) is 100 cm³/mol.